The van der Waals surface area contributed by atoms with Crippen LogP contribution in [-0.2, 0) is 6.42 Å². The maximum absolute atomic E-state index is 11.2. The number of hydrogen-bond donors (Lipinski definition) is 0. The Hall–Kier alpha value is -1.62. The molecule has 0 unspecified atom stereocenters. The minimum atomic E-state index is -0.277. The molecule has 5 heteroatoms. The molecule has 1 heterocycles. The Morgan fingerprint density at radius 2 is 1.89 bits per heavy atom. The van der Waals surface area contributed by atoms with Crippen LogP contribution in [0.3, 0.4) is 0 Å². The first-order valence-electron chi connectivity index (χ1n) is 6.90. The zero-order valence-corrected chi connectivity index (χ0v) is 11.6. The molecule has 0 radical (unpaired) electrons. The molecule has 1 aliphatic rings. The molecule has 1 aromatic rings. The van der Waals surface area contributed by atoms with Crippen molar-refractivity contribution in [2.24, 2.45) is 0 Å². The van der Waals surface area contributed by atoms with E-state index in [1.807, 2.05) is 12.1 Å². The average molecular weight is 263 g/mol. The number of likely N-dealkylation sites (N-methyl/N-ethyl adjacent to an activating group) is 1. The minimum Gasteiger partial charge on any atom is -0.363 e. The first kappa shape index (κ1) is 13.8. The zero-order valence-electron chi connectivity index (χ0n) is 11.6. The molecule has 104 valence electrons. The fourth-order valence-electron chi connectivity index (χ4n) is 2.50. The van der Waals surface area contributed by atoms with Crippen LogP contribution in [0, 0.1) is 10.1 Å². The fourth-order valence-corrected chi connectivity index (χ4v) is 2.50. The number of aryl methyl sites for hydroxylation is 1. The van der Waals surface area contributed by atoms with Gasteiger partial charge in [-0.15, -0.1) is 0 Å². The van der Waals surface area contributed by atoms with Gasteiger partial charge >= 0.3 is 0 Å². The maximum atomic E-state index is 11.2. The molecule has 0 bridgehead atoms. The average Bonchev–Trinajstić information content (AvgIpc) is 2.46. The van der Waals surface area contributed by atoms with Gasteiger partial charge in [-0.25, -0.2) is 0 Å². The van der Waals surface area contributed by atoms with Gasteiger partial charge in [0.15, 0.2) is 0 Å². The first-order valence-corrected chi connectivity index (χ1v) is 6.90. The highest BCUT2D eigenvalue weighted by atomic mass is 16.6. The van der Waals surface area contributed by atoms with Crippen molar-refractivity contribution < 1.29 is 4.92 Å². The van der Waals surface area contributed by atoms with Gasteiger partial charge in [0.05, 0.1) is 4.92 Å². The van der Waals surface area contributed by atoms with Crippen LogP contribution in [0.15, 0.2) is 18.2 Å². The van der Waals surface area contributed by atoms with Crippen molar-refractivity contribution in [3.05, 3.63) is 33.9 Å². The maximum Gasteiger partial charge on any atom is 0.292 e. The molecule has 0 amide bonds. The molecule has 0 spiro atoms. The number of hydrogen-bond acceptors (Lipinski definition) is 4. The quantitative estimate of drug-likeness (QED) is 0.618. The van der Waals surface area contributed by atoms with E-state index in [2.05, 4.69) is 23.6 Å². The largest absolute Gasteiger partial charge is 0.363 e. The second kappa shape index (κ2) is 6.02. The third-order valence-corrected chi connectivity index (χ3v) is 3.80. The van der Waals surface area contributed by atoms with E-state index in [1.54, 1.807) is 6.07 Å². The van der Waals surface area contributed by atoms with Crippen LogP contribution in [-0.4, -0.2) is 42.5 Å². The molecular weight excluding hydrogens is 242 g/mol. The van der Waals surface area contributed by atoms with E-state index in [9.17, 15) is 10.1 Å². The van der Waals surface area contributed by atoms with Crippen molar-refractivity contribution in [2.75, 3.05) is 37.6 Å². The van der Waals surface area contributed by atoms with Gasteiger partial charge in [-0.1, -0.05) is 19.9 Å². The minimum absolute atomic E-state index is 0.224. The van der Waals surface area contributed by atoms with Gasteiger partial charge in [-0.3, -0.25) is 10.1 Å². The number of benzene rings is 1. The van der Waals surface area contributed by atoms with E-state index in [4.69, 9.17) is 0 Å². The lowest BCUT2D eigenvalue weighted by Crippen LogP contribution is -2.46. The van der Waals surface area contributed by atoms with E-state index in [1.165, 1.54) is 0 Å². The number of piperazine rings is 1. The van der Waals surface area contributed by atoms with Crippen molar-refractivity contribution in [1.29, 1.82) is 0 Å². The second-order valence-corrected chi connectivity index (χ2v) is 4.86. The smallest absolute Gasteiger partial charge is 0.292 e. The molecular formula is C14H21N3O2. The topological polar surface area (TPSA) is 49.6 Å². The lowest BCUT2D eigenvalue weighted by Gasteiger charge is -2.35. The summed E-state index contributed by atoms with van der Waals surface area (Å²) in [6, 6.07) is 5.46. The standard InChI is InChI=1S/C14H21N3O2/c1-3-12-5-6-13(17(18)19)14(11-12)16-9-7-15(4-2)8-10-16/h5-6,11H,3-4,7-10H2,1-2H3. The Kier molecular flexibility index (Phi) is 4.37. The zero-order chi connectivity index (χ0) is 13.8. The van der Waals surface area contributed by atoms with Crippen LogP contribution in [0.2, 0.25) is 0 Å². The molecule has 0 saturated carbocycles. The van der Waals surface area contributed by atoms with Crippen molar-refractivity contribution in [1.82, 2.24) is 4.90 Å². The predicted octanol–water partition coefficient (Wildman–Crippen LogP) is 2.30. The van der Waals surface area contributed by atoms with E-state index >= 15 is 0 Å². The van der Waals surface area contributed by atoms with Crippen molar-refractivity contribution in [2.45, 2.75) is 20.3 Å². The molecule has 0 aromatic heterocycles. The van der Waals surface area contributed by atoms with Crippen molar-refractivity contribution in [3.63, 3.8) is 0 Å². The summed E-state index contributed by atoms with van der Waals surface area (Å²) in [5.41, 5.74) is 2.15. The van der Waals surface area contributed by atoms with Crippen molar-refractivity contribution in [3.8, 4) is 0 Å². The SMILES string of the molecule is CCc1ccc([N+](=O)[O-])c(N2CCN(CC)CC2)c1. The summed E-state index contributed by atoms with van der Waals surface area (Å²) in [5, 5.41) is 11.2. The number of anilines is 1. The third kappa shape index (κ3) is 3.04. The van der Waals surface area contributed by atoms with Gasteiger partial charge in [-0.2, -0.15) is 0 Å². The van der Waals surface area contributed by atoms with Gasteiger partial charge in [0.25, 0.3) is 5.69 Å². The number of rotatable bonds is 4. The Balaban J connectivity index is 2.24. The van der Waals surface area contributed by atoms with E-state index in [0.29, 0.717) is 0 Å². The van der Waals surface area contributed by atoms with Crippen LogP contribution in [0.25, 0.3) is 0 Å². The fraction of sp³-hybridized carbons (Fsp3) is 0.571. The van der Waals surface area contributed by atoms with E-state index < -0.39 is 0 Å². The molecule has 2 rings (SSSR count). The highest BCUT2D eigenvalue weighted by molar-refractivity contribution is 5.64. The summed E-state index contributed by atoms with van der Waals surface area (Å²) in [7, 11) is 0. The van der Waals surface area contributed by atoms with Crippen LogP contribution >= 0.6 is 0 Å². The number of nitro groups is 1. The molecule has 1 aromatic carbocycles. The molecule has 0 atom stereocenters. The Morgan fingerprint density at radius 1 is 1.21 bits per heavy atom. The van der Waals surface area contributed by atoms with Crippen molar-refractivity contribution >= 4 is 11.4 Å². The van der Waals surface area contributed by atoms with Gasteiger partial charge in [0, 0.05) is 32.2 Å². The van der Waals surface area contributed by atoms with Crippen LogP contribution in [0.4, 0.5) is 11.4 Å². The van der Waals surface area contributed by atoms with Crippen LogP contribution in [0.1, 0.15) is 19.4 Å². The van der Waals surface area contributed by atoms with Gasteiger partial charge in [0.1, 0.15) is 5.69 Å². The Morgan fingerprint density at radius 3 is 2.42 bits per heavy atom. The second-order valence-electron chi connectivity index (χ2n) is 4.86. The first-order chi connectivity index (χ1) is 9.15. The van der Waals surface area contributed by atoms with Crippen LogP contribution in [0.5, 0.6) is 0 Å². The van der Waals surface area contributed by atoms with Gasteiger partial charge in [-0.05, 0) is 24.6 Å². The molecule has 5 nitrogen and oxygen atoms in total. The summed E-state index contributed by atoms with van der Waals surface area (Å²) in [6.07, 6.45) is 0.903. The normalized spacial score (nSPS) is 16.6. The number of nitrogens with zero attached hydrogens (tertiary/aromatic N) is 3. The molecule has 0 N–H and O–H groups in total. The van der Waals surface area contributed by atoms with Gasteiger partial charge in [0.2, 0.25) is 0 Å². The molecule has 1 fully saturated rings. The Labute approximate surface area is 114 Å². The van der Waals surface area contributed by atoms with Crippen LogP contribution < -0.4 is 4.90 Å². The number of nitro benzene ring substituents is 1. The summed E-state index contributed by atoms with van der Waals surface area (Å²) in [6.45, 7) is 8.94. The van der Waals surface area contributed by atoms with Gasteiger partial charge < -0.3 is 9.80 Å². The third-order valence-electron chi connectivity index (χ3n) is 3.80. The highest BCUT2D eigenvalue weighted by Crippen LogP contribution is 2.30. The predicted molar refractivity (Wildman–Crippen MR) is 76.8 cm³/mol. The summed E-state index contributed by atoms with van der Waals surface area (Å²) < 4.78 is 0. The molecule has 1 aliphatic heterocycles. The lowest BCUT2D eigenvalue weighted by molar-refractivity contribution is -0.384. The summed E-state index contributed by atoms with van der Waals surface area (Å²) in [4.78, 5) is 15.4. The summed E-state index contributed by atoms with van der Waals surface area (Å²) >= 11 is 0. The lowest BCUT2D eigenvalue weighted by atomic mass is 10.1. The van der Waals surface area contributed by atoms with E-state index in [0.717, 1.165) is 50.4 Å². The molecule has 0 aliphatic carbocycles. The Bertz CT molecular complexity index is 454. The monoisotopic (exact) mass is 263 g/mol. The molecule has 19 heavy (non-hydrogen) atoms. The van der Waals surface area contributed by atoms with E-state index in [-0.39, 0.29) is 10.6 Å². The summed E-state index contributed by atoms with van der Waals surface area (Å²) in [5.74, 6) is 0. The highest BCUT2D eigenvalue weighted by Gasteiger charge is 2.23. The molecule has 1 saturated heterocycles.